The number of aliphatic carboxylic acids is 2. The molecule has 0 aromatic carbocycles. The molecular weight excluding hydrogens is 208 g/mol. The van der Waals surface area contributed by atoms with Crippen LogP contribution in [0.4, 0.5) is 0 Å². The fourth-order valence-electron chi connectivity index (χ4n) is 0.606. The minimum atomic E-state index is -1.09. The van der Waals surface area contributed by atoms with Crippen LogP contribution in [0, 0.1) is 0 Å². The molecule has 0 aliphatic heterocycles. The highest BCUT2D eigenvalue weighted by Crippen LogP contribution is 2.05. The summed E-state index contributed by atoms with van der Waals surface area (Å²) in [6.07, 6.45) is 0.260. The van der Waals surface area contributed by atoms with Crippen LogP contribution < -0.4 is 11.5 Å². The topological polar surface area (TPSA) is 127 Å². The molecule has 6 N–H and O–H groups in total. The van der Waals surface area contributed by atoms with Crippen LogP contribution in [0.3, 0.4) is 0 Å². The third-order valence-corrected chi connectivity index (χ3v) is 2.58. The average Bonchev–Trinajstić information content (AvgIpc) is 2.16. The first-order valence-electron chi connectivity index (χ1n) is 4.45. The van der Waals surface area contributed by atoms with E-state index >= 15 is 0 Å². The molecule has 14 heavy (non-hydrogen) atoms. The van der Waals surface area contributed by atoms with Gasteiger partial charge in [-0.05, 0) is 12.2 Å². The van der Waals surface area contributed by atoms with E-state index in [1.54, 1.807) is 0 Å². The van der Waals surface area contributed by atoms with E-state index in [9.17, 15) is 9.59 Å². The summed E-state index contributed by atoms with van der Waals surface area (Å²) < 4.78 is 6.72. The fourth-order valence-corrected chi connectivity index (χ4v) is 1.57. The van der Waals surface area contributed by atoms with Crippen molar-refractivity contribution in [3.05, 3.63) is 0 Å². The quantitative estimate of drug-likeness (QED) is 0.386. The summed E-state index contributed by atoms with van der Waals surface area (Å²) >= 11 is 1.26. The molecule has 82 valence electrons. The van der Waals surface area contributed by atoms with Crippen molar-refractivity contribution in [2.45, 2.75) is 18.5 Å². The normalized spacial score (nSPS) is 15.6. The monoisotopic (exact) mass is 223 g/mol. The minimum absolute atomic E-state index is 0.236. The van der Waals surface area contributed by atoms with Crippen molar-refractivity contribution in [1.82, 2.24) is 0 Å². The maximum absolute atomic E-state index is 10.5. The molecule has 0 spiro atoms. The van der Waals surface area contributed by atoms with E-state index in [-0.39, 0.29) is 12.2 Å². The molecule has 0 saturated carbocycles. The lowest BCUT2D eigenvalue weighted by Gasteiger charge is -2.07. The van der Waals surface area contributed by atoms with Crippen LogP contribution in [0.15, 0.2) is 0 Å². The van der Waals surface area contributed by atoms with E-state index in [1.807, 2.05) is 5.73 Å². The van der Waals surface area contributed by atoms with Gasteiger partial charge in [-0.1, -0.05) is 0 Å². The zero-order valence-electron chi connectivity index (χ0n) is 8.47. The maximum Gasteiger partial charge on any atom is 0.321 e. The second kappa shape index (κ2) is 6.63. The average molecular weight is 223 g/mol. The third kappa shape index (κ3) is 5.79. The van der Waals surface area contributed by atoms with Gasteiger partial charge >= 0.3 is 11.9 Å². The Hall–Kier alpha value is -0.790. The van der Waals surface area contributed by atoms with Gasteiger partial charge in [-0.3, -0.25) is 9.59 Å². The molecule has 0 rings (SSSR count). The van der Waals surface area contributed by atoms with Gasteiger partial charge in [0.2, 0.25) is 0 Å². The molecule has 0 saturated heterocycles. The first-order valence-corrected chi connectivity index (χ1v) is 5.10. The van der Waals surface area contributed by atoms with E-state index in [1.165, 1.54) is 11.8 Å². The van der Waals surface area contributed by atoms with Gasteiger partial charge < -0.3 is 21.7 Å². The number of nitrogens with two attached hydrogens (primary N) is 2. The summed E-state index contributed by atoms with van der Waals surface area (Å²) in [4.78, 5) is 20.8. The Bertz CT molecular complexity index is 229. The van der Waals surface area contributed by atoms with Gasteiger partial charge in [0.25, 0.3) is 0 Å². The zero-order valence-corrected chi connectivity index (χ0v) is 8.29. The van der Waals surface area contributed by atoms with E-state index in [4.69, 9.17) is 17.4 Å². The Morgan fingerprint density at radius 1 is 1.36 bits per heavy atom. The van der Waals surface area contributed by atoms with Gasteiger partial charge in [0.1, 0.15) is 13.5 Å². The molecule has 0 aromatic rings. The van der Waals surface area contributed by atoms with Crippen LogP contribution in [-0.4, -0.2) is 45.7 Å². The van der Waals surface area contributed by atoms with Crippen LogP contribution in [0.5, 0.6) is 0 Å². The Morgan fingerprint density at radius 2 is 1.93 bits per heavy atom. The summed E-state index contributed by atoms with van der Waals surface area (Å²) in [5, 5.41) is 17.0. The number of hydrogen-bond acceptors (Lipinski definition) is 5. The molecule has 0 aliphatic carbocycles. The Kier molecular flexibility index (Phi) is 5.35. The molecule has 6 nitrogen and oxygen atoms in total. The second-order valence-corrected chi connectivity index (χ2v) is 3.85. The van der Waals surface area contributed by atoms with Crippen LogP contribution in [0.1, 0.15) is 6.42 Å². The van der Waals surface area contributed by atoms with E-state index < -0.39 is 24.0 Å². The number of carbonyl (C=O) groups is 2. The first kappa shape index (κ1) is 11.3. The number of hydrogen-bond donors (Lipinski definition) is 4. The van der Waals surface area contributed by atoms with Crippen LogP contribution in [-0.2, 0) is 9.59 Å². The van der Waals surface area contributed by atoms with Crippen molar-refractivity contribution in [3.8, 4) is 0 Å². The first-order chi connectivity index (χ1) is 6.99. The fraction of sp³-hybridized carbons (Fsp3) is 0.714. The summed E-state index contributed by atoms with van der Waals surface area (Å²) in [5.74, 6) is -1.48. The summed E-state index contributed by atoms with van der Waals surface area (Å²) in [6.45, 7) is 0. The van der Waals surface area contributed by atoms with E-state index in [0.29, 0.717) is 5.75 Å². The summed E-state index contributed by atoms with van der Waals surface area (Å²) in [7, 11) is 0. The van der Waals surface area contributed by atoms with Gasteiger partial charge in [-0.2, -0.15) is 11.8 Å². The van der Waals surface area contributed by atoms with Crippen LogP contribution >= 0.6 is 11.8 Å². The molecule has 2 atom stereocenters. The second-order valence-electron chi connectivity index (χ2n) is 2.70. The lowest BCUT2D eigenvalue weighted by molar-refractivity contribution is -0.139. The van der Waals surface area contributed by atoms with Crippen molar-refractivity contribution in [2.24, 2.45) is 11.5 Å². The number of thioether (sulfide) groups is 1. The Balaban J connectivity index is 3.61. The number of carboxylic acids is 2. The van der Waals surface area contributed by atoms with Gasteiger partial charge in [0.05, 0.1) is 0 Å². The Morgan fingerprint density at radius 3 is 2.36 bits per heavy atom. The zero-order chi connectivity index (χ0) is 11.8. The van der Waals surface area contributed by atoms with E-state index in [0.717, 1.165) is 0 Å². The highest BCUT2D eigenvalue weighted by molar-refractivity contribution is 7.99. The maximum atomic E-state index is 10.5. The molecule has 0 radical (unpaired) electrons. The minimum Gasteiger partial charge on any atom is -0.480 e. The molecule has 1 unspecified atom stereocenters. The Labute approximate surface area is 87.1 Å². The van der Waals surface area contributed by atoms with Crippen molar-refractivity contribution < 1.29 is 21.2 Å². The molecule has 0 bridgehead atoms. The molecule has 0 fully saturated rings. The van der Waals surface area contributed by atoms with Gasteiger partial charge in [0, 0.05) is 5.75 Å². The van der Waals surface area contributed by atoms with Crippen LogP contribution in [0.2, 0.25) is 1.41 Å². The lowest BCUT2D eigenvalue weighted by atomic mass is 10.2. The van der Waals surface area contributed by atoms with Gasteiger partial charge in [0.15, 0.2) is 0 Å². The van der Waals surface area contributed by atoms with Crippen LogP contribution in [0.25, 0.3) is 0 Å². The molecule has 7 heteroatoms. The smallest absolute Gasteiger partial charge is 0.321 e. The highest BCUT2D eigenvalue weighted by atomic mass is 32.2. The van der Waals surface area contributed by atoms with Gasteiger partial charge in [-0.25, -0.2) is 0 Å². The molecular formula is C7H14N2O4S. The van der Waals surface area contributed by atoms with Crippen molar-refractivity contribution in [3.63, 3.8) is 0 Å². The van der Waals surface area contributed by atoms with Crippen molar-refractivity contribution in [1.29, 1.82) is 0 Å². The molecule has 0 amide bonds. The lowest BCUT2D eigenvalue weighted by Crippen LogP contribution is -2.33. The largest absolute Gasteiger partial charge is 0.480 e. The van der Waals surface area contributed by atoms with E-state index in [2.05, 4.69) is 0 Å². The van der Waals surface area contributed by atoms with Crippen molar-refractivity contribution >= 4 is 23.7 Å². The summed E-state index contributed by atoms with van der Waals surface area (Å²) in [6, 6.07) is -1.85. The van der Waals surface area contributed by atoms with Crippen molar-refractivity contribution in [2.75, 3.05) is 11.5 Å². The third-order valence-electron chi connectivity index (χ3n) is 1.46. The highest BCUT2D eigenvalue weighted by Gasteiger charge is 2.13. The predicted molar refractivity (Wildman–Crippen MR) is 53.2 cm³/mol. The standard InChI is InChI=1S/C7H14N2O4S/c8-4(6(10)11)1-2-14-3-5(9)7(12)13/h4-5H,1-3,8-9H2,(H,10,11)(H,12,13)/t4-,5?/m0/s1/i/hD. The SMILES string of the molecule is [2H]N[C@@H](CCSCC(N)C(=O)O)C(=O)O. The van der Waals surface area contributed by atoms with Gasteiger partial charge in [-0.15, -0.1) is 0 Å². The molecule has 0 aromatic heterocycles. The number of carboxylic acid groups (broad SMARTS) is 2. The summed E-state index contributed by atoms with van der Waals surface area (Å²) in [5.41, 5.74) is 7.14. The molecule has 0 aliphatic rings. The predicted octanol–water partition coefficient (Wildman–Crippen LogP) is -1.07. The number of rotatable bonds is 8. The molecule has 0 heterocycles.